The van der Waals surface area contributed by atoms with Crippen molar-refractivity contribution in [3.05, 3.63) is 38.9 Å². The molecule has 11 nitrogen and oxygen atoms in total. The first-order valence-electron chi connectivity index (χ1n) is 7.92. The van der Waals surface area contributed by atoms with E-state index in [-0.39, 0.29) is 17.6 Å². The number of nitro benzene ring substituents is 1. The van der Waals surface area contributed by atoms with Crippen LogP contribution < -0.4 is 15.1 Å². The zero-order valence-electron chi connectivity index (χ0n) is 14.3. The van der Waals surface area contributed by atoms with E-state index >= 15 is 0 Å². The number of morpholine rings is 1. The second kappa shape index (κ2) is 8.56. The summed E-state index contributed by atoms with van der Waals surface area (Å²) in [5.74, 6) is 0.609. The molecule has 1 fully saturated rings. The van der Waals surface area contributed by atoms with Crippen LogP contribution in [0.1, 0.15) is 5.56 Å². The Hall–Kier alpha value is -3.05. The molecule has 1 aliphatic rings. The van der Waals surface area contributed by atoms with Crippen molar-refractivity contribution >= 4 is 35.4 Å². The van der Waals surface area contributed by atoms with Crippen molar-refractivity contribution in [1.29, 1.82) is 0 Å². The summed E-state index contributed by atoms with van der Waals surface area (Å²) in [5.41, 5.74) is 2.96. The summed E-state index contributed by atoms with van der Waals surface area (Å²) >= 11 is 6.04. The third-order valence-electron chi connectivity index (χ3n) is 3.64. The van der Waals surface area contributed by atoms with Gasteiger partial charge in [-0.3, -0.25) is 10.1 Å². The molecule has 0 bridgehead atoms. The fraction of sp³-hybridized carbons (Fsp3) is 0.333. The van der Waals surface area contributed by atoms with E-state index in [9.17, 15) is 10.1 Å². The van der Waals surface area contributed by atoms with Crippen molar-refractivity contribution in [2.45, 2.75) is 0 Å². The van der Waals surface area contributed by atoms with Crippen LogP contribution in [0.3, 0.4) is 0 Å². The van der Waals surface area contributed by atoms with Gasteiger partial charge in [0.2, 0.25) is 5.95 Å². The van der Waals surface area contributed by atoms with Crippen LogP contribution in [0.25, 0.3) is 0 Å². The van der Waals surface area contributed by atoms with Gasteiger partial charge >= 0.3 is 6.01 Å². The third kappa shape index (κ3) is 4.77. The average Bonchev–Trinajstić information content (AvgIpc) is 2.69. The molecule has 1 aromatic heterocycles. The highest BCUT2D eigenvalue weighted by atomic mass is 35.5. The van der Waals surface area contributed by atoms with Gasteiger partial charge in [-0.05, 0) is 6.07 Å². The van der Waals surface area contributed by atoms with Gasteiger partial charge in [0.15, 0.2) is 0 Å². The molecule has 0 saturated carbocycles. The van der Waals surface area contributed by atoms with Crippen LogP contribution >= 0.6 is 11.6 Å². The molecule has 1 saturated heterocycles. The molecule has 0 atom stereocenters. The van der Waals surface area contributed by atoms with Crippen molar-refractivity contribution in [2.24, 2.45) is 5.10 Å². The number of ether oxygens (including phenoxy) is 2. The number of non-ortho nitro benzene ring substituents is 1. The Morgan fingerprint density at radius 2 is 2.15 bits per heavy atom. The number of nitro groups is 1. The van der Waals surface area contributed by atoms with E-state index in [0.29, 0.717) is 42.8 Å². The molecule has 2 aromatic rings. The predicted molar refractivity (Wildman–Crippen MR) is 98.7 cm³/mol. The minimum Gasteiger partial charge on any atom is -0.467 e. The van der Waals surface area contributed by atoms with Crippen molar-refractivity contribution < 1.29 is 14.4 Å². The van der Waals surface area contributed by atoms with Gasteiger partial charge in [0.1, 0.15) is 0 Å². The van der Waals surface area contributed by atoms with Crippen LogP contribution in [0.2, 0.25) is 5.02 Å². The Kier molecular flexibility index (Phi) is 5.94. The van der Waals surface area contributed by atoms with E-state index in [4.69, 9.17) is 21.1 Å². The minimum absolute atomic E-state index is 0.0858. The molecular formula is C15H16ClN7O4. The molecule has 0 unspecified atom stereocenters. The lowest BCUT2D eigenvalue weighted by atomic mass is 10.2. The highest BCUT2D eigenvalue weighted by molar-refractivity contribution is 6.33. The van der Waals surface area contributed by atoms with E-state index in [1.165, 1.54) is 31.5 Å². The number of aromatic nitrogens is 3. The van der Waals surface area contributed by atoms with Gasteiger partial charge in [0.25, 0.3) is 11.6 Å². The second-order valence-corrected chi connectivity index (χ2v) is 5.79. The highest BCUT2D eigenvalue weighted by Gasteiger charge is 2.16. The van der Waals surface area contributed by atoms with Crippen molar-refractivity contribution in [3.8, 4) is 6.01 Å². The summed E-state index contributed by atoms with van der Waals surface area (Å²) in [6.07, 6.45) is 1.35. The number of rotatable bonds is 6. The zero-order chi connectivity index (χ0) is 19.2. The van der Waals surface area contributed by atoms with Crippen LogP contribution in [0.4, 0.5) is 17.6 Å². The first kappa shape index (κ1) is 18.7. The van der Waals surface area contributed by atoms with Gasteiger partial charge in [0.05, 0.1) is 31.5 Å². The van der Waals surface area contributed by atoms with Crippen molar-refractivity contribution in [3.63, 3.8) is 0 Å². The predicted octanol–water partition coefficient (Wildman–Crippen LogP) is 1.72. The van der Waals surface area contributed by atoms with Crippen LogP contribution in [-0.4, -0.2) is 59.5 Å². The Bertz CT molecular complexity index is 858. The highest BCUT2D eigenvalue weighted by Crippen LogP contribution is 2.21. The van der Waals surface area contributed by atoms with Crippen molar-refractivity contribution in [1.82, 2.24) is 15.0 Å². The summed E-state index contributed by atoms with van der Waals surface area (Å²) in [6.45, 7) is 2.47. The second-order valence-electron chi connectivity index (χ2n) is 5.38. The Balaban J connectivity index is 1.78. The standard InChI is InChI=1S/C15H16ClN7O4/c1-26-15-19-13(18-14(20-15)22-4-6-27-7-5-22)21-17-9-10-8-11(23(24)25)2-3-12(10)16/h2-3,8-9H,4-7H2,1H3,(H,18,19,20,21). The number of methoxy groups -OCH3 is 1. The SMILES string of the molecule is COc1nc(NN=Cc2cc([N+](=O)[O-])ccc2Cl)nc(N2CCOCC2)n1. The number of hydrogen-bond donors (Lipinski definition) is 1. The lowest BCUT2D eigenvalue weighted by Gasteiger charge is -2.26. The largest absolute Gasteiger partial charge is 0.467 e. The van der Waals surface area contributed by atoms with Crippen LogP contribution in [0, 0.1) is 10.1 Å². The monoisotopic (exact) mass is 393 g/mol. The lowest BCUT2D eigenvalue weighted by molar-refractivity contribution is -0.384. The molecule has 2 heterocycles. The van der Waals surface area contributed by atoms with Gasteiger partial charge in [-0.2, -0.15) is 20.1 Å². The van der Waals surface area contributed by atoms with Gasteiger partial charge in [-0.15, -0.1) is 0 Å². The summed E-state index contributed by atoms with van der Waals surface area (Å²) in [5, 5.41) is 15.2. The van der Waals surface area contributed by atoms with Gasteiger partial charge in [0, 0.05) is 35.8 Å². The number of hydrazone groups is 1. The average molecular weight is 394 g/mol. The van der Waals surface area contributed by atoms with E-state index in [0.717, 1.165) is 0 Å². The number of anilines is 2. The molecule has 1 aliphatic heterocycles. The van der Waals surface area contributed by atoms with Crippen LogP contribution in [0.5, 0.6) is 6.01 Å². The molecule has 0 amide bonds. The number of benzene rings is 1. The fourth-order valence-electron chi connectivity index (χ4n) is 2.30. The maximum Gasteiger partial charge on any atom is 0.322 e. The summed E-state index contributed by atoms with van der Waals surface area (Å²) in [7, 11) is 1.45. The van der Waals surface area contributed by atoms with Crippen LogP contribution in [0.15, 0.2) is 23.3 Å². The van der Waals surface area contributed by atoms with Gasteiger partial charge in [-0.25, -0.2) is 5.43 Å². The fourth-order valence-corrected chi connectivity index (χ4v) is 2.46. The molecule has 1 N–H and O–H groups in total. The molecule has 0 aliphatic carbocycles. The first-order chi connectivity index (χ1) is 13.1. The molecule has 0 radical (unpaired) electrons. The molecule has 3 rings (SSSR count). The Morgan fingerprint density at radius 1 is 1.37 bits per heavy atom. The summed E-state index contributed by atoms with van der Waals surface area (Å²) in [4.78, 5) is 24.9. The van der Waals surface area contributed by atoms with Crippen molar-refractivity contribution in [2.75, 3.05) is 43.7 Å². The molecule has 12 heteroatoms. The van der Waals surface area contributed by atoms with E-state index < -0.39 is 4.92 Å². The Labute approximate surface area is 159 Å². The number of halogens is 1. The van der Waals surface area contributed by atoms with E-state index in [1.54, 1.807) is 0 Å². The smallest absolute Gasteiger partial charge is 0.322 e. The molecule has 142 valence electrons. The molecule has 0 spiro atoms. The van der Waals surface area contributed by atoms with E-state index in [1.807, 2.05) is 4.90 Å². The number of hydrogen-bond acceptors (Lipinski definition) is 10. The van der Waals surface area contributed by atoms with Gasteiger partial charge in [-0.1, -0.05) is 11.6 Å². The quantitative estimate of drug-likeness (QED) is 0.443. The third-order valence-corrected chi connectivity index (χ3v) is 3.98. The Morgan fingerprint density at radius 3 is 2.85 bits per heavy atom. The zero-order valence-corrected chi connectivity index (χ0v) is 15.1. The molecule has 1 aromatic carbocycles. The maximum atomic E-state index is 10.9. The first-order valence-corrected chi connectivity index (χ1v) is 8.30. The maximum absolute atomic E-state index is 10.9. The summed E-state index contributed by atoms with van der Waals surface area (Å²) < 4.78 is 10.4. The topological polar surface area (TPSA) is 128 Å². The lowest BCUT2D eigenvalue weighted by Crippen LogP contribution is -2.37. The van der Waals surface area contributed by atoms with E-state index in [2.05, 4.69) is 25.5 Å². The molecule has 27 heavy (non-hydrogen) atoms. The van der Waals surface area contributed by atoms with Gasteiger partial charge < -0.3 is 14.4 Å². The number of nitrogens with one attached hydrogen (secondary N) is 1. The normalized spacial score (nSPS) is 14.4. The number of nitrogens with zero attached hydrogens (tertiary/aromatic N) is 6. The minimum atomic E-state index is -0.507. The van der Waals surface area contributed by atoms with Crippen LogP contribution in [-0.2, 0) is 4.74 Å². The summed E-state index contributed by atoms with van der Waals surface area (Å²) in [6, 6.07) is 4.21. The molecular weight excluding hydrogens is 378 g/mol.